The maximum absolute atomic E-state index is 12.9. The fraction of sp³-hybridized carbons (Fsp3) is 0.250. The van der Waals surface area contributed by atoms with Gasteiger partial charge in [-0.05, 0) is 25.0 Å². The van der Waals surface area contributed by atoms with Crippen LogP contribution < -0.4 is 4.72 Å². The molecule has 0 saturated carbocycles. The molecule has 3 aromatic rings. The Kier molecular flexibility index (Phi) is 4.61. The molecular weight excluding hydrogens is 408 g/mol. The molecule has 12 heteroatoms. The minimum atomic E-state index is -4.22. The molecule has 0 radical (unpaired) electrons. The molecule has 28 heavy (non-hydrogen) atoms. The van der Waals surface area contributed by atoms with Gasteiger partial charge >= 0.3 is 0 Å². The maximum atomic E-state index is 12.9. The highest BCUT2D eigenvalue weighted by Gasteiger charge is 2.31. The van der Waals surface area contributed by atoms with Crippen molar-refractivity contribution in [3.8, 4) is 11.5 Å². The van der Waals surface area contributed by atoms with Crippen molar-refractivity contribution in [3.05, 3.63) is 50.6 Å². The summed E-state index contributed by atoms with van der Waals surface area (Å²) in [5, 5.41) is 15.3. The summed E-state index contributed by atoms with van der Waals surface area (Å²) in [6, 6.07) is 5.17. The summed E-state index contributed by atoms with van der Waals surface area (Å²) in [7, 11) is -4.22. The second-order valence-electron chi connectivity index (χ2n) is 5.99. The molecule has 0 aliphatic carbocycles. The zero-order valence-corrected chi connectivity index (χ0v) is 16.2. The maximum Gasteiger partial charge on any atom is 0.289 e. The lowest BCUT2D eigenvalue weighted by atomic mass is 10.1. The van der Waals surface area contributed by atoms with E-state index in [4.69, 9.17) is 9.26 Å². The van der Waals surface area contributed by atoms with Crippen LogP contribution in [-0.4, -0.2) is 30.1 Å². The number of para-hydroxylation sites is 1. The lowest BCUT2D eigenvalue weighted by molar-refractivity contribution is -0.387. The Balaban J connectivity index is 1.82. The zero-order chi connectivity index (χ0) is 19.9. The number of fused-ring (bicyclic) bond motifs is 1. The van der Waals surface area contributed by atoms with Crippen molar-refractivity contribution in [1.82, 2.24) is 10.1 Å². The molecule has 4 rings (SSSR count). The van der Waals surface area contributed by atoms with E-state index in [-0.39, 0.29) is 10.9 Å². The number of nitro groups is 1. The van der Waals surface area contributed by atoms with E-state index in [2.05, 4.69) is 14.9 Å². The number of aryl methyl sites for hydroxylation is 1. The largest absolute Gasteiger partial charge is 0.376 e. The average molecular weight is 422 g/mol. The molecule has 1 N–H and O–H groups in total. The van der Waals surface area contributed by atoms with Gasteiger partial charge in [-0.2, -0.15) is 4.98 Å². The molecule has 2 aromatic heterocycles. The fourth-order valence-corrected chi connectivity index (χ4v) is 5.60. The van der Waals surface area contributed by atoms with Gasteiger partial charge in [-0.3, -0.25) is 14.8 Å². The fourth-order valence-electron chi connectivity index (χ4n) is 2.94. The number of ether oxygens (including phenoxy) is 1. The smallest absolute Gasteiger partial charge is 0.289 e. The van der Waals surface area contributed by atoms with Crippen LogP contribution in [0.1, 0.15) is 16.3 Å². The van der Waals surface area contributed by atoms with Crippen LogP contribution in [0.2, 0.25) is 0 Å². The number of thiophene rings is 1. The van der Waals surface area contributed by atoms with Crippen molar-refractivity contribution in [2.24, 2.45) is 0 Å². The summed E-state index contributed by atoms with van der Waals surface area (Å²) in [4.78, 5) is 15.1. The molecule has 0 saturated heterocycles. The monoisotopic (exact) mass is 422 g/mol. The molecule has 146 valence electrons. The van der Waals surface area contributed by atoms with Crippen molar-refractivity contribution >= 4 is 32.0 Å². The van der Waals surface area contributed by atoms with Gasteiger partial charge in [-0.15, -0.1) is 11.3 Å². The zero-order valence-electron chi connectivity index (χ0n) is 14.5. The van der Waals surface area contributed by atoms with E-state index in [1.807, 2.05) is 0 Å². The predicted molar refractivity (Wildman–Crippen MR) is 99.6 cm³/mol. The lowest BCUT2D eigenvalue weighted by Crippen LogP contribution is -2.14. The van der Waals surface area contributed by atoms with E-state index in [1.54, 1.807) is 6.92 Å². The van der Waals surface area contributed by atoms with E-state index in [9.17, 15) is 18.5 Å². The van der Waals surface area contributed by atoms with Crippen molar-refractivity contribution < 1.29 is 22.6 Å². The quantitative estimate of drug-likeness (QED) is 0.489. The van der Waals surface area contributed by atoms with E-state index >= 15 is 0 Å². The molecule has 0 fully saturated rings. The van der Waals surface area contributed by atoms with Gasteiger partial charge in [0.2, 0.25) is 0 Å². The molecule has 1 aromatic carbocycles. The first-order valence-corrected chi connectivity index (χ1v) is 10.5. The minimum absolute atomic E-state index is 0.192. The first kappa shape index (κ1) is 18.5. The summed E-state index contributed by atoms with van der Waals surface area (Å²) in [6.07, 6.45) is 0.565. The molecule has 0 unspecified atom stereocenters. The highest BCUT2D eigenvalue weighted by molar-refractivity contribution is 7.93. The van der Waals surface area contributed by atoms with Gasteiger partial charge in [-0.1, -0.05) is 17.3 Å². The standard InChI is InChI=1S/C16H14N4O6S2/c1-9-17-15(26-18-9)14-10-6-7-25-8-12(10)27-16(14)19-28(23,24)13-5-3-2-4-11(13)20(21)22/h2-5,19H,6-8H2,1H3. The van der Waals surface area contributed by atoms with Crippen LogP contribution in [0.4, 0.5) is 10.7 Å². The third-order valence-corrected chi connectivity index (χ3v) is 6.79. The Labute approximate surface area is 163 Å². The van der Waals surface area contributed by atoms with Crippen LogP contribution in [-0.2, 0) is 27.8 Å². The Hall–Kier alpha value is -2.83. The van der Waals surface area contributed by atoms with Gasteiger partial charge in [0.05, 0.1) is 23.7 Å². The van der Waals surface area contributed by atoms with Gasteiger partial charge in [0.15, 0.2) is 10.7 Å². The third-order valence-electron chi connectivity index (χ3n) is 4.14. The molecule has 3 heterocycles. The summed E-state index contributed by atoms with van der Waals surface area (Å²) in [5.74, 6) is 0.603. The van der Waals surface area contributed by atoms with Crippen LogP contribution in [0.25, 0.3) is 11.5 Å². The first-order chi connectivity index (χ1) is 13.4. The van der Waals surface area contributed by atoms with Gasteiger partial charge in [0.1, 0.15) is 5.00 Å². The van der Waals surface area contributed by atoms with Crippen LogP contribution >= 0.6 is 11.3 Å². The highest BCUT2D eigenvalue weighted by Crippen LogP contribution is 2.43. The Bertz CT molecular complexity index is 1170. The second kappa shape index (κ2) is 6.96. The molecule has 0 amide bonds. The summed E-state index contributed by atoms with van der Waals surface area (Å²) in [5.41, 5.74) is 0.862. The average Bonchev–Trinajstić information content (AvgIpc) is 3.23. The van der Waals surface area contributed by atoms with Crippen molar-refractivity contribution in [2.75, 3.05) is 11.3 Å². The van der Waals surface area contributed by atoms with Gasteiger partial charge in [0.25, 0.3) is 21.6 Å². The van der Waals surface area contributed by atoms with Crippen LogP contribution in [0.3, 0.4) is 0 Å². The van der Waals surface area contributed by atoms with Crippen molar-refractivity contribution in [3.63, 3.8) is 0 Å². The van der Waals surface area contributed by atoms with E-state index < -0.39 is 25.5 Å². The molecule has 1 aliphatic rings. The van der Waals surface area contributed by atoms with Gasteiger partial charge in [-0.25, -0.2) is 8.42 Å². The van der Waals surface area contributed by atoms with Crippen LogP contribution in [0, 0.1) is 17.0 Å². The SMILES string of the molecule is Cc1noc(-c2c(NS(=O)(=O)c3ccccc3[N+](=O)[O-])sc3c2CCOC3)n1. The minimum Gasteiger partial charge on any atom is -0.376 e. The van der Waals surface area contributed by atoms with Crippen molar-refractivity contribution in [1.29, 1.82) is 0 Å². The molecule has 0 spiro atoms. The Morgan fingerprint density at radius 1 is 1.32 bits per heavy atom. The lowest BCUT2D eigenvalue weighted by Gasteiger charge is -2.12. The van der Waals surface area contributed by atoms with Gasteiger partial charge in [0, 0.05) is 10.9 Å². The number of sulfonamides is 1. The number of hydrogen-bond acceptors (Lipinski definition) is 9. The summed E-state index contributed by atoms with van der Waals surface area (Å²) in [6.45, 7) is 2.49. The number of hydrogen-bond donors (Lipinski definition) is 1. The molecule has 0 bridgehead atoms. The van der Waals surface area contributed by atoms with E-state index in [1.165, 1.54) is 29.5 Å². The number of nitro benzene ring substituents is 1. The first-order valence-electron chi connectivity index (χ1n) is 8.16. The summed E-state index contributed by atoms with van der Waals surface area (Å²) < 4.78 is 39.0. The van der Waals surface area contributed by atoms with Crippen molar-refractivity contribution in [2.45, 2.75) is 24.8 Å². The molecule has 0 atom stereocenters. The molecule has 10 nitrogen and oxygen atoms in total. The van der Waals surface area contributed by atoms with Crippen LogP contribution in [0.15, 0.2) is 33.7 Å². The molecule has 1 aliphatic heterocycles. The van der Waals surface area contributed by atoms with Gasteiger partial charge < -0.3 is 9.26 Å². The number of anilines is 1. The predicted octanol–water partition coefficient (Wildman–Crippen LogP) is 2.89. The number of nitrogens with one attached hydrogen (secondary N) is 1. The summed E-state index contributed by atoms with van der Waals surface area (Å²) >= 11 is 1.19. The Morgan fingerprint density at radius 3 is 2.82 bits per heavy atom. The highest BCUT2D eigenvalue weighted by atomic mass is 32.2. The normalized spacial score (nSPS) is 13.9. The van der Waals surface area contributed by atoms with E-state index in [0.29, 0.717) is 31.0 Å². The Morgan fingerprint density at radius 2 is 2.11 bits per heavy atom. The van der Waals surface area contributed by atoms with Crippen LogP contribution in [0.5, 0.6) is 0 Å². The number of rotatable bonds is 5. The van der Waals surface area contributed by atoms with E-state index in [0.717, 1.165) is 16.5 Å². The number of aromatic nitrogens is 2. The second-order valence-corrected chi connectivity index (χ2v) is 8.74. The number of nitrogens with zero attached hydrogens (tertiary/aromatic N) is 3. The topological polar surface area (TPSA) is 137 Å². The third kappa shape index (κ3) is 3.25. The molecular formula is C16H14N4O6S2. The number of benzene rings is 1.